The van der Waals surface area contributed by atoms with Gasteiger partial charge < -0.3 is 9.64 Å². The van der Waals surface area contributed by atoms with Gasteiger partial charge in [0, 0.05) is 23.9 Å². The van der Waals surface area contributed by atoms with Crippen molar-refractivity contribution in [2.75, 3.05) is 18.1 Å². The number of hydrogen-bond donors (Lipinski definition) is 0. The van der Waals surface area contributed by atoms with Crippen LogP contribution in [0.15, 0.2) is 42.5 Å². The molecule has 0 spiro atoms. The van der Waals surface area contributed by atoms with Crippen LogP contribution in [0.25, 0.3) is 0 Å². The van der Waals surface area contributed by atoms with E-state index in [0.29, 0.717) is 13.0 Å². The molecule has 1 amide bonds. The molecule has 144 valence electrons. The number of ether oxygens (including phenoxy) is 1. The standard InChI is InChI=1S/C18H15N3O7/c22-17(19-8-7-12-3-1-2-4-15(12)19)11-28-18(23)9-13-5-6-14(20(24)25)10-16(13)21(26)27/h1-6,10H,7-9,11H2. The first kappa shape index (κ1) is 19.0. The zero-order chi connectivity index (χ0) is 20.3. The number of non-ortho nitro benzene ring substituents is 1. The molecular formula is C18H15N3O7. The maximum atomic E-state index is 12.3. The lowest BCUT2D eigenvalue weighted by Crippen LogP contribution is -2.33. The number of nitro groups is 2. The summed E-state index contributed by atoms with van der Waals surface area (Å²) in [4.78, 5) is 46.2. The molecule has 0 N–H and O–H groups in total. The average molecular weight is 385 g/mol. The number of esters is 1. The van der Waals surface area contributed by atoms with E-state index in [0.717, 1.165) is 29.4 Å². The van der Waals surface area contributed by atoms with Gasteiger partial charge in [0.25, 0.3) is 17.3 Å². The largest absolute Gasteiger partial charge is 0.455 e. The quantitative estimate of drug-likeness (QED) is 0.423. The predicted octanol–water partition coefficient (Wildman–Crippen LogP) is 2.18. The van der Waals surface area contributed by atoms with Gasteiger partial charge in [0.15, 0.2) is 6.61 Å². The van der Waals surface area contributed by atoms with Crippen LogP contribution in [0.3, 0.4) is 0 Å². The fraction of sp³-hybridized carbons (Fsp3) is 0.222. The Morgan fingerprint density at radius 3 is 2.54 bits per heavy atom. The molecule has 0 bridgehead atoms. The molecule has 2 aromatic rings. The van der Waals surface area contributed by atoms with Crippen molar-refractivity contribution in [2.24, 2.45) is 0 Å². The van der Waals surface area contributed by atoms with E-state index in [1.54, 1.807) is 0 Å². The first-order chi connectivity index (χ1) is 13.4. The van der Waals surface area contributed by atoms with Gasteiger partial charge in [-0.3, -0.25) is 29.8 Å². The molecule has 10 nitrogen and oxygen atoms in total. The number of carbonyl (C=O) groups is 2. The molecule has 0 radical (unpaired) electrons. The normalized spacial score (nSPS) is 12.4. The van der Waals surface area contributed by atoms with Crippen LogP contribution < -0.4 is 4.90 Å². The van der Waals surface area contributed by atoms with Crippen molar-refractivity contribution >= 4 is 28.9 Å². The van der Waals surface area contributed by atoms with Crippen LogP contribution in [0.4, 0.5) is 17.1 Å². The first-order valence-corrected chi connectivity index (χ1v) is 8.32. The zero-order valence-corrected chi connectivity index (χ0v) is 14.6. The van der Waals surface area contributed by atoms with Crippen LogP contribution in [-0.2, 0) is 27.2 Å². The van der Waals surface area contributed by atoms with Crippen molar-refractivity contribution in [1.82, 2.24) is 0 Å². The highest BCUT2D eigenvalue weighted by Crippen LogP contribution is 2.28. The summed E-state index contributed by atoms with van der Waals surface area (Å²) in [5.41, 5.74) is 0.774. The topological polar surface area (TPSA) is 133 Å². The lowest BCUT2D eigenvalue weighted by atomic mass is 10.1. The van der Waals surface area contributed by atoms with Crippen molar-refractivity contribution in [3.8, 4) is 0 Å². The number of anilines is 1. The minimum absolute atomic E-state index is 0.0282. The number of fused-ring (bicyclic) bond motifs is 1. The molecule has 1 aliphatic rings. The number of nitro benzene ring substituents is 2. The highest BCUT2D eigenvalue weighted by molar-refractivity contribution is 5.97. The van der Waals surface area contributed by atoms with Gasteiger partial charge >= 0.3 is 5.97 Å². The van der Waals surface area contributed by atoms with Gasteiger partial charge in [0.05, 0.1) is 22.3 Å². The predicted molar refractivity (Wildman–Crippen MR) is 96.9 cm³/mol. The summed E-state index contributed by atoms with van der Waals surface area (Å²) >= 11 is 0. The third-order valence-corrected chi connectivity index (χ3v) is 4.36. The third-order valence-electron chi connectivity index (χ3n) is 4.36. The molecule has 0 saturated heterocycles. The molecule has 0 fully saturated rings. The zero-order valence-electron chi connectivity index (χ0n) is 14.6. The molecule has 0 unspecified atom stereocenters. The van der Waals surface area contributed by atoms with E-state index in [1.807, 2.05) is 24.3 Å². The Labute approximate surface area is 158 Å². The van der Waals surface area contributed by atoms with Gasteiger partial charge in [-0.25, -0.2) is 0 Å². The Morgan fingerprint density at radius 1 is 1.07 bits per heavy atom. The number of hydrogen-bond acceptors (Lipinski definition) is 7. The van der Waals surface area contributed by atoms with Gasteiger partial charge in [-0.15, -0.1) is 0 Å². The van der Waals surface area contributed by atoms with Crippen LogP contribution in [0, 0.1) is 20.2 Å². The molecule has 0 saturated carbocycles. The van der Waals surface area contributed by atoms with Crippen LogP contribution in [0.5, 0.6) is 0 Å². The Kier molecular flexibility index (Phi) is 5.30. The SMILES string of the molecule is O=C(Cc1ccc([N+](=O)[O-])cc1[N+](=O)[O-])OCC(=O)N1CCc2ccccc21. The van der Waals surface area contributed by atoms with Crippen LogP contribution in [0.1, 0.15) is 11.1 Å². The van der Waals surface area contributed by atoms with Gasteiger partial charge in [0.2, 0.25) is 0 Å². The van der Waals surface area contributed by atoms with Gasteiger partial charge in [-0.05, 0) is 24.1 Å². The number of para-hydroxylation sites is 1. The Hall–Kier alpha value is -3.82. The Morgan fingerprint density at radius 2 is 1.82 bits per heavy atom. The molecular weight excluding hydrogens is 370 g/mol. The Bertz CT molecular complexity index is 973. The molecule has 28 heavy (non-hydrogen) atoms. The molecule has 0 atom stereocenters. The smallest absolute Gasteiger partial charge is 0.311 e. The molecule has 10 heteroatoms. The number of benzene rings is 2. The summed E-state index contributed by atoms with van der Waals surface area (Å²) in [5.74, 6) is -1.23. The first-order valence-electron chi connectivity index (χ1n) is 8.32. The third kappa shape index (κ3) is 3.95. The van der Waals surface area contributed by atoms with E-state index in [9.17, 15) is 29.8 Å². The fourth-order valence-corrected chi connectivity index (χ4v) is 3.01. The van der Waals surface area contributed by atoms with E-state index in [1.165, 1.54) is 4.90 Å². The minimum Gasteiger partial charge on any atom is -0.455 e. The van der Waals surface area contributed by atoms with Crippen LogP contribution in [0.2, 0.25) is 0 Å². The second-order valence-corrected chi connectivity index (χ2v) is 6.09. The fourth-order valence-electron chi connectivity index (χ4n) is 3.01. The maximum Gasteiger partial charge on any atom is 0.311 e. The van der Waals surface area contributed by atoms with E-state index in [4.69, 9.17) is 4.74 Å². The summed E-state index contributed by atoms with van der Waals surface area (Å²) in [6.07, 6.45) is 0.239. The second-order valence-electron chi connectivity index (χ2n) is 6.09. The molecule has 0 aromatic heterocycles. The van der Waals surface area contributed by atoms with Crippen molar-refractivity contribution in [1.29, 1.82) is 0 Å². The molecule has 1 heterocycles. The molecule has 2 aromatic carbocycles. The summed E-state index contributed by atoms with van der Waals surface area (Å²) in [6.45, 7) is -0.00248. The number of carbonyl (C=O) groups excluding carboxylic acids is 2. The number of amides is 1. The average Bonchev–Trinajstić information content (AvgIpc) is 3.10. The van der Waals surface area contributed by atoms with Crippen molar-refractivity contribution in [3.63, 3.8) is 0 Å². The van der Waals surface area contributed by atoms with Gasteiger partial charge in [0.1, 0.15) is 0 Å². The van der Waals surface area contributed by atoms with E-state index >= 15 is 0 Å². The van der Waals surface area contributed by atoms with Crippen LogP contribution in [-0.4, -0.2) is 34.9 Å². The van der Waals surface area contributed by atoms with Gasteiger partial charge in [-0.1, -0.05) is 18.2 Å². The Balaban J connectivity index is 1.63. The van der Waals surface area contributed by atoms with Gasteiger partial charge in [-0.2, -0.15) is 0 Å². The monoisotopic (exact) mass is 385 g/mol. The minimum atomic E-state index is -0.835. The summed E-state index contributed by atoms with van der Waals surface area (Å²) in [7, 11) is 0. The van der Waals surface area contributed by atoms with Crippen molar-refractivity contribution in [2.45, 2.75) is 12.8 Å². The lowest BCUT2D eigenvalue weighted by molar-refractivity contribution is -0.394. The van der Waals surface area contributed by atoms with Crippen molar-refractivity contribution in [3.05, 3.63) is 73.8 Å². The molecule has 1 aliphatic heterocycles. The second kappa shape index (κ2) is 7.82. The molecule has 0 aliphatic carbocycles. The van der Waals surface area contributed by atoms with E-state index < -0.39 is 46.1 Å². The molecule has 3 rings (SSSR count). The maximum absolute atomic E-state index is 12.3. The van der Waals surface area contributed by atoms with Crippen molar-refractivity contribution < 1.29 is 24.2 Å². The summed E-state index contributed by atoms with van der Waals surface area (Å²) < 4.78 is 4.96. The number of nitrogens with zero attached hydrogens (tertiary/aromatic N) is 3. The highest BCUT2D eigenvalue weighted by Gasteiger charge is 2.26. The van der Waals surface area contributed by atoms with E-state index in [2.05, 4.69) is 0 Å². The lowest BCUT2D eigenvalue weighted by Gasteiger charge is -2.17. The summed E-state index contributed by atoms with van der Waals surface area (Å²) in [6, 6.07) is 10.4. The van der Waals surface area contributed by atoms with Crippen LogP contribution >= 0.6 is 0 Å². The number of rotatable bonds is 6. The summed E-state index contributed by atoms with van der Waals surface area (Å²) in [5, 5.41) is 21.9. The van der Waals surface area contributed by atoms with E-state index in [-0.39, 0.29) is 5.56 Å². The highest BCUT2D eigenvalue weighted by atomic mass is 16.6.